The Morgan fingerprint density at radius 3 is 2.89 bits per heavy atom. The molecule has 0 spiro atoms. The van der Waals surface area contributed by atoms with Crippen molar-refractivity contribution in [2.45, 2.75) is 32.6 Å². The van der Waals surface area contributed by atoms with Crippen LogP contribution in [-0.2, 0) is 11.2 Å². The van der Waals surface area contributed by atoms with Gasteiger partial charge in [-0.2, -0.15) is 0 Å². The van der Waals surface area contributed by atoms with Crippen molar-refractivity contribution in [1.29, 1.82) is 0 Å². The van der Waals surface area contributed by atoms with Gasteiger partial charge in [-0.15, -0.1) is 6.42 Å². The summed E-state index contributed by atoms with van der Waals surface area (Å²) in [6.45, 7) is 3.36. The van der Waals surface area contributed by atoms with Crippen molar-refractivity contribution in [2.24, 2.45) is 5.92 Å². The maximum Gasteiger partial charge on any atom is 0.223 e. The van der Waals surface area contributed by atoms with Crippen molar-refractivity contribution in [3.63, 3.8) is 0 Å². The summed E-state index contributed by atoms with van der Waals surface area (Å²) in [7, 11) is 0. The minimum absolute atomic E-state index is 0.186. The topological polar surface area (TPSA) is 20.3 Å². The summed E-state index contributed by atoms with van der Waals surface area (Å²) in [4.78, 5) is 14.0. The zero-order valence-electron chi connectivity index (χ0n) is 11.6. The number of terminal acetylenes is 1. The molecule has 0 unspecified atom stereocenters. The Bertz CT molecular complexity index is 482. The van der Waals surface area contributed by atoms with Gasteiger partial charge in [0.05, 0.1) is 6.54 Å². The van der Waals surface area contributed by atoms with E-state index in [1.807, 2.05) is 11.0 Å². The minimum Gasteiger partial charge on any atom is -0.331 e. The average molecular weight is 255 g/mol. The van der Waals surface area contributed by atoms with Crippen LogP contribution in [0.2, 0.25) is 0 Å². The first-order valence-electron chi connectivity index (χ1n) is 6.96. The number of nitrogens with zero attached hydrogens (tertiary/aromatic N) is 1. The quantitative estimate of drug-likeness (QED) is 0.716. The summed E-state index contributed by atoms with van der Waals surface area (Å²) in [5.41, 5.74) is 2.46. The minimum atomic E-state index is 0.186. The molecule has 2 heteroatoms. The van der Waals surface area contributed by atoms with Gasteiger partial charge < -0.3 is 4.90 Å². The molecular formula is C17H21NO. The van der Waals surface area contributed by atoms with Crippen molar-refractivity contribution in [1.82, 2.24) is 4.90 Å². The van der Waals surface area contributed by atoms with E-state index in [2.05, 4.69) is 31.0 Å². The number of carbonyl (C=O) groups is 1. The summed E-state index contributed by atoms with van der Waals surface area (Å²) in [6, 6.07) is 8.33. The van der Waals surface area contributed by atoms with Crippen molar-refractivity contribution >= 4 is 5.91 Å². The number of aryl methyl sites for hydroxylation is 2. The molecule has 0 heterocycles. The highest BCUT2D eigenvalue weighted by atomic mass is 16.2. The van der Waals surface area contributed by atoms with E-state index >= 15 is 0 Å². The molecule has 2 rings (SSSR count). The zero-order chi connectivity index (χ0) is 13.7. The zero-order valence-corrected chi connectivity index (χ0v) is 11.6. The summed E-state index contributed by atoms with van der Waals surface area (Å²) in [5, 5.41) is 0. The fourth-order valence-corrected chi connectivity index (χ4v) is 2.25. The van der Waals surface area contributed by atoms with Crippen LogP contribution in [0, 0.1) is 25.2 Å². The Balaban J connectivity index is 1.86. The van der Waals surface area contributed by atoms with Crippen LogP contribution < -0.4 is 0 Å². The van der Waals surface area contributed by atoms with Gasteiger partial charge in [0.25, 0.3) is 0 Å². The van der Waals surface area contributed by atoms with Crippen molar-refractivity contribution in [3.05, 3.63) is 35.4 Å². The second kappa shape index (κ2) is 6.43. The Morgan fingerprint density at radius 1 is 1.47 bits per heavy atom. The smallest absolute Gasteiger partial charge is 0.223 e. The van der Waals surface area contributed by atoms with Gasteiger partial charge in [-0.05, 0) is 37.7 Å². The first-order chi connectivity index (χ1) is 9.19. The number of amides is 1. The third-order valence-electron chi connectivity index (χ3n) is 3.52. The number of carbonyl (C=O) groups excluding carboxylic acids is 1. The van der Waals surface area contributed by atoms with Gasteiger partial charge in [-0.1, -0.05) is 35.7 Å². The van der Waals surface area contributed by atoms with E-state index in [1.165, 1.54) is 24.0 Å². The van der Waals surface area contributed by atoms with Gasteiger partial charge in [0.15, 0.2) is 0 Å². The van der Waals surface area contributed by atoms with E-state index in [9.17, 15) is 4.79 Å². The van der Waals surface area contributed by atoms with Crippen LogP contribution in [0.15, 0.2) is 24.3 Å². The highest BCUT2D eigenvalue weighted by Crippen LogP contribution is 2.29. The monoisotopic (exact) mass is 255 g/mol. The molecule has 1 amide bonds. The molecule has 0 bridgehead atoms. The van der Waals surface area contributed by atoms with Crippen LogP contribution in [0.25, 0.3) is 0 Å². The normalized spacial score (nSPS) is 13.9. The third-order valence-corrected chi connectivity index (χ3v) is 3.52. The average Bonchev–Trinajstić information content (AvgIpc) is 3.19. The molecule has 0 saturated heterocycles. The summed E-state index contributed by atoms with van der Waals surface area (Å²) in [6.07, 6.45) is 9.18. The number of hydrogen-bond donors (Lipinski definition) is 0. The van der Waals surface area contributed by atoms with E-state index in [1.54, 1.807) is 0 Å². The third kappa shape index (κ3) is 4.44. The number of benzene rings is 1. The fraction of sp³-hybridized carbons (Fsp3) is 0.471. The summed E-state index contributed by atoms with van der Waals surface area (Å²) < 4.78 is 0. The van der Waals surface area contributed by atoms with Crippen molar-refractivity contribution in [3.8, 4) is 12.3 Å². The molecule has 0 aromatic heterocycles. The lowest BCUT2D eigenvalue weighted by molar-refractivity contribution is -0.130. The molecule has 100 valence electrons. The van der Waals surface area contributed by atoms with Gasteiger partial charge in [0, 0.05) is 13.0 Å². The van der Waals surface area contributed by atoms with Crippen LogP contribution in [-0.4, -0.2) is 23.9 Å². The standard InChI is InChI=1S/C17H21NO/c1-3-11-18(13-16-7-8-16)17(19)10-9-15-6-4-5-14(2)12-15/h1,4-6,12,16H,7-11,13H2,2H3. The van der Waals surface area contributed by atoms with Crippen LogP contribution in [0.3, 0.4) is 0 Å². The number of hydrogen-bond acceptors (Lipinski definition) is 1. The van der Waals surface area contributed by atoms with Gasteiger partial charge >= 0.3 is 0 Å². The fourth-order valence-electron chi connectivity index (χ4n) is 2.25. The molecule has 19 heavy (non-hydrogen) atoms. The second-order valence-electron chi connectivity index (χ2n) is 5.41. The van der Waals surface area contributed by atoms with E-state index in [-0.39, 0.29) is 5.91 Å². The summed E-state index contributed by atoms with van der Waals surface area (Å²) in [5.74, 6) is 3.47. The van der Waals surface area contributed by atoms with E-state index in [0.29, 0.717) is 18.9 Å². The van der Waals surface area contributed by atoms with Crippen LogP contribution in [0.4, 0.5) is 0 Å². The molecule has 1 fully saturated rings. The first kappa shape index (κ1) is 13.7. The lowest BCUT2D eigenvalue weighted by Crippen LogP contribution is -2.33. The van der Waals surface area contributed by atoms with Gasteiger partial charge in [0.2, 0.25) is 5.91 Å². The SMILES string of the molecule is C#CCN(CC1CC1)C(=O)CCc1cccc(C)c1. The van der Waals surface area contributed by atoms with Crippen LogP contribution in [0.1, 0.15) is 30.4 Å². The van der Waals surface area contributed by atoms with E-state index in [4.69, 9.17) is 6.42 Å². The lowest BCUT2D eigenvalue weighted by atomic mass is 10.1. The van der Waals surface area contributed by atoms with E-state index < -0.39 is 0 Å². The maximum absolute atomic E-state index is 12.2. The Labute approximate surface area is 115 Å². The van der Waals surface area contributed by atoms with Gasteiger partial charge in [0.1, 0.15) is 0 Å². The van der Waals surface area contributed by atoms with Gasteiger partial charge in [-0.25, -0.2) is 0 Å². The van der Waals surface area contributed by atoms with Crippen LogP contribution in [0.5, 0.6) is 0 Å². The molecule has 0 aliphatic heterocycles. The molecule has 0 atom stereocenters. The Hall–Kier alpha value is -1.75. The van der Waals surface area contributed by atoms with Crippen molar-refractivity contribution in [2.75, 3.05) is 13.1 Å². The highest BCUT2D eigenvalue weighted by molar-refractivity contribution is 5.76. The molecule has 0 N–H and O–H groups in total. The maximum atomic E-state index is 12.2. The van der Waals surface area contributed by atoms with Crippen molar-refractivity contribution < 1.29 is 4.79 Å². The molecule has 0 radical (unpaired) electrons. The Morgan fingerprint density at radius 2 is 2.26 bits per heavy atom. The van der Waals surface area contributed by atoms with Gasteiger partial charge in [-0.3, -0.25) is 4.79 Å². The lowest BCUT2D eigenvalue weighted by Gasteiger charge is -2.20. The molecular weight excluding hydrogens is 234 g/mol. The largest absolute Gasteiger partial charge is 0.331 e. The number of rotatable bonds is 6. The second-order valence-corrected chi connectivity index (χ2v) is 5.41. The molecule has 1 aromatic rings. The molecule has 1 aliphatic carbocycles. The summed E-state index contributed by atoms with van der Waals surface area (Å²) >= 11 is 0. The molecule has 1 aromatic carbocycles. The predicted octanol–water partition coefficient (Wildman–Crippen LogP) is 2.80. The van der Waals surface area contributed by atoms with Crippen LogP contribution >= 0.6 is 0 Å². The first-order valence-corrected chi connectivity index (χ1v) is 6.96. The van der Waals surface area contributed by atoms with E-state index in [0.717, 1.165) is 13.0 Å². The molecule has 2 nitrogen and oxygen atoms in total. The Kier molecular flexibility index (Phi) is 4.63. The molecule has 1 saturated carbocycles. The highest BCUT2D eigenvalue weighted by Gasteiger charge is 2.26. The predicted molar refractivity (Wildman–Crippen MR) is 77.6 cm³/mol. The molecule has 1 aliphatic rings.